The summed E-state index contributed by atoms with van der Waals surface area (Å²) in [5, 5.41) is 5.02. The number of halogens is 1. The van der Waals surface area contributed by atoms with Gasteiger partial charge in [0.2, 0.25) is 10.0 Å². The number of ether oxygens (including phenoxy) is 1. The number of hydrogen-bond donors (Lipinski definition) is 2. The third kappa shape index (κ3) is 4.91. The van der Waals surface area contributed by atoms with Gasteiger partial charge in [-0.2, -0.15) is 0 Å². The minimum Gasteiger partial charge on any atom is -0.379 e. The molecule has 1 aromatic heterocycles. The fourth-order valence-corrected chi connectivity index (χ4v) is 5.22. The van der Waals surface area contributed by atoms with Crippen LogP contribution >= 0.6 is 22.9 Å². The van der Waals surface area contributed by atoms with Crippen LogP contribution in [-0.4, -0.2) is 59.1 Å². The Kier molecular flexibility index (Phi) is 7.08. The van der Waals surface area contributed by atoms with Crippen LogP contribution in [0.15, 0.2) is 40.6 Å². The summed E-state index contributed by atoms with van der Waals surface area (Å²) in [6.07, 6.45) is 0. The van der Waals surface area contributed by atoms with Crippen molar-refractivity contribution in [3.8, 4) is 0 Å². The molecule has 2 heterocycles. The van der Waals surface area contributed by atoms with E-state index in [1.165, 1.54) is 18.5 Å². The van der Waals surface area contributed by atoms with Crippen molar-refractivity contribution in [2.75, 3.05) is 39.9 Å². The van der Waals surface area contributed by atoms with Gasteiger partial charge in [0.1, 0.15) is 0 Å². The molecule has 3 rings (SSSR count). The zero-order valence-electron chi connectivity index (χ0n) is 15.4. The molecule has 28 heavy (non-hydrogen) atoms. The number of carbonyl (C=O) groups is 1. The molecule has 1 atom stereocenters. The maximum absolute atomic E-state index is 12.6. The van der Waals surface area contributed by atoms with Crippen LogP contribution in [0.1, 0.15) is 21.3 Å². The summed E-state index contributed by atoms with van der Waals surface area (Å²) in [6.45, 7) is 3.11. The van der Waals surface area contributed by atoms with E-state index in [9.17, 15) is 13.2 Å². The van der Waals surface area contributed by atoms with Gasteiger partial charge in [-0.05, 0) is 24.7 Å². The zero-order valence-corrected chi connectivity index (χ0v) is 17.7. The van der Waals surface area contributed by atoms with Crippen LogP contribution in [0.2, 0.25) is 5.02 Å². The van der Waals surface area contributed by atoms with E-state index in [0.717, 1.165) is 30.0 Å². The SMILES string of the molecule is CNS(=O)(=O)c1csc(C(=O)NCC(c2ccccc2Cl)N2CCOCC2)c1. The van der Waals surface area contributed by atoms with Gasteiger partial charge >= 0.3 is 0 Å². The third-order valence-corrected chi connectivity index (χ3v) is 7.40. The number of carbonyl (C=O) groups excluding carboxylic acids is 1. The van der Waals surface area contributed by atoms with Crippen LogP contribution in [0.3, 0.4) is 0 Å². The molecule has 1 saturated heterocycles. The molecule has 1 fully saturated rings. The van der Waals surface area contributed by atoms with Gasteiger partial charge in [0.25, 0.3) is 5.91 Å². The second-order valence-corrected chi connectivity index (χ2v) is 9.45. The van der Waals surface area contributed by atoms with Crippen molar-refractivity contribution in [2.45, 2.75) is 10.9 Å². The Morgan fingerprint density at radius 1 is 1.32 bits per heavy atom. The smallest absolute Gasteiger partial charge is 0.261 e. The van der Waals surface area contributed by atoms with E-state index in [1.54, 1.807) is 0 Å². The Bertz CT molecular complexity index is 926. The maximum atomic E-state index is 12.6. The van der Waals surface area contributed by atoms with Crippen molar-refractivity contribution in [3.63, 3.8) is 0 Å². The van der Waals surface area contributed by atoms with Crippen molar-refractivity contribution in [2.24, 2.45) is 0 Å². The molecule has 152 valence electrons. The molecule has 1 aliphatic rings. The first kappa shape index (κ1) is 21.2. The van der Waals surface area contributed by atoms with Crippen molar-refractivity contribution in [3.05, 3.63) is 51.2 Å². The minimum atomic E-state index is -3.57. The predicted octanol–water partition coefficient (Wildman–Crippen LogP) is 2.11. The number of thiophene rings is 1. The van der Waals surface area contributed by atoms with E-state index in [-0.39, 0.29) is 16.8 Å². The van der Waals surface area contributed by atoms with Crippen LogP contribution in [0.4, 0.5) is 0 Å². The lowest BCUT2D eigenvalue weighted by molar-refractivity contribution is 0.0162. The number of rotatable bonds is 7. The van der Waals surface area contributed by atoms with E-state index in [4.69, 9.17) is 16.3 Å². The van der Waals surface area contributed by atoms with Crippen molar-refractivity contribution in [1.29, 1.82) is 0 Å². The van der Waals surface area contributed by atoms with Crippen LogP contribution in [-0.2, 0) is 14.8 Å². The molecule has 7 nitrogen and oxygen atoms in total. The Morgan fingerprint density at radius 3 is 2.71 bits per heavy atom. The van der Waals surface area contributed by atoms with Gasteiger partial charge in [-0.15, -0.1) is 11.3 Å². The second-order valence-electron chi connectivity index (χ2n) is 6.25. The molecule has 1 unspecified atom stereocenters. The van der Waals surface area contributed by atoms with E-state index in [0.29, 0.717) is 29.7 Å². The van der Waals surface area contributed by atoms with Crippen LogP contribution < -0.4 is 10.0 Å². The number of benzene rings is 1. The van der Waals surface area contributed by atoms with Crippen LogP contribution in [0.25, 0.3) is 0 Å². The minimum absolute atomic E-state index is 0.0842. The molecule has 2 aromatic rings. The van der Waals surface area contributed by atoms with E-state index in [2.05, 4.69) is 14.9 Å². The monoisotopic (exact) mass is 443 g/mol. The highest BCUT2D eigenvalue weighted by molar-refractivity contribution is 7.89. The Hall–Kier alpha value is -1.49. The van der Waals surface area contributed by atoms with Gasteiger partial charge in [0, 0.05) is 30.0 Å². The summed E-state index contributed by atoms with van der Waals surface area (Å²) in [5.74, 6) is -0.312. The van der Waals surface area contributed by atoms with E-state index < -0.39 is 10.0 Å². The summed E-state index contributed by atoms with van der Waals surface area (Å²) in [5.41, 5.74) is 0.941. The largest absolute Gasteiger partial charge is 0.379 e. The first-order valence-electron chi connectivity index (χ1n) is 8.79. The van der Waals surface area contributed by atoms with Gasteiger partial charge < -0.3 is 10.1 Å². The maximum Gasteiger partial charge on any atom is 0.261 e. The highest BCUT2D eigenvalue weighted by atomic mass is 35.5. The lowest BCUT2D eigenvalue weighted by Gasteiger charge is -2.35. The molecule has 0 spiro atoms. The molecule has 0 bridgehead atoms. The number of nitrogens with zero attached hydrogens (tertiary/aromatic N) is 1. The zero-order chi connectivity index (χ0) is 20.1. The van der Waals surface area contributed by atoms with Crippen molar-refractivity contribution in [1.82, 2.24) is 14.9 Å². The Morgan fingerprint density at radius 2 is 2.04 bits per heavy atom. The van der Waals surface area contributed by atoms with Crippen LogP contribution in [0, 0.1) is 0 Å². The fourth-order valence-electron chi connectivity index (χ4n) is 3.04. The number of hydrogen-bond acceptors (Lipinski definition) is 6. The van der Waals surface area contributed by atoms with E-state index in [1.807, 2.05) is 24.3 Å². The number of nitrogens with one attached hydrogen (secondary N) is 2. The second kappa shape index (κ2) is 9.34. The number of morpholine rings is 1. The lowest BCUT2D eigenvalue weighted by Crippen LogP contribution is -2.43. The number of sulfonamides is 1. The lowest BCUT2D eigenvalue weighted by atomic mass is 10.0. The quantitative estimate of drug-likeness (QED) is 0.684. The average molecular weight is 444 g/mol. The predicted molar refractivity (Wildman–Crippen MR) is 109 cm³/mol. The molecule has 2 N–H and O–H groups in total. The van der Waals surface area contributed by atoms with Gasteiger partial charge in [0.15, 0.2) is 0 Å². The topological polar surface area (TPSA) is 87.7 Å². The molecule has 0 aliphatic carbocycles. The first-order chi connectivity index (χ1) is 13.4. The van der Waals surface area contributed by atoms with Gasteiger partial charge in [0.05, 0.1) is 29.0 Å². The summed E-state index contributed by atoms with van der Waals surface area (Å²) >= 11 is 7.49. The summed E-state index contributed by atoms with van der Waals surface area (Å²) < 4.78 is 31.4. The first-order valence-corrected chi connectivity index (χ1v) is 11.5. The van der Waals surface area contributed by atoms with Gasteiger partial charge in [-0.25, -0.2) is 13.1 Å². The molecule has 1 aliphatic heterocycles. The number of amides is 1. The average Bonchev–Trinajstić information content (AvgIpc) is 3.21. The molecule has 0 radical (unpaired) electrons. The van der Waals surface area contributed by atoms with Gasteiger partial charge in [-0.1, -0.05) is 29.8 Å². The molecular weight excluding hydrogens is 422 g/mol. The van der Waals surface area contributed by atoms with Crippen molar-refractivity contribution >= 4 is 38.9 Å². The van der Waals surface area contributed by atoms with Crippen molar-refractivity contribution < 1.29 is 17.9 Å². The highest BCUT2D eigenvalue weighted by Crippen LogP contribution is 2.28. The fraction of sp³-hybridized carbons (Fsp3) is 0.389. The molecule has 10 heteroatoms. The highest BCUT2D eigenvalue weighted by Gasteiger charge is 2.25. The Balaban J connectivity index is 1.74. The summed E-state index contributed by atoms with van der Waals surface area (Å²) in [6, 6.07) is 8.87. The standard InChI is InChI=1S/C18H22ClN3O4S2/c1-20-28(24,25)13-10-17(27-12-13)18(23)21-11-16(22-6-8-26-9-7-22)14-4-2-3-5-15(14)19/h2-5,10,12,16,20H,6-9,11H2,1H3,(H,21,23). The van der Waals surface area contributed by atoms with Gasteiger partial charge in [-0.3, -0.25) is 9.69 Å². The van der Waals surface area contributed by atoms with Crippen LogP contribution in [0.5, 0.6) is 0 Å². The molecule has 0 saturated carbocycles. The normalized spacial score (nSPS) is 16.6. The molecule has 1 amide bonds. The van der Waals surface area contributed by atoms with E-state index >= 15 is 0 Å². The Labute approximate surface area is 173 Å². The summed E-state index contributed by atoms with van der Waals surface area (Å²) in [7, 11) is -2.23. The third-order valence-electron chi connectivity index (χ3n) is 4.58. The molecular formula is C18H22ClN3O4S2. The molecule has 1 aromatic carbocycles. The summed E-state index contributed by atoms with van der Waals surface area (Å²) in [4.78, 5) is 15.2.